The zero-order chi connectivity index (χ0) is 22.8. The lowest BCUT2D eigenvalue weighted by molar-refractivity contribution is 0.0651. The van der Waals surface area contributed by atoms with Crippen molar-refractivity contribution in [2.75, 3.05) is 5.32 Å². The number of aromatic nitrogens is 3. The summed E-state index contributed by atoms with van der Waals surface area (Å²) < 4.78 is 33.3. The Morgan fingerprint density at radius 3 is 2.68 bits per heavy atom. The van der Waals surface area contributed by atoms with Gasteiger partial charge in [-0.25, -0.2) is 13.8 Å². The maximum atomic E-state index is 12.9. The molecule has 0 aliphatic carbocycles. The van der Waals surface area contributed by atoms with Gasteiger partial charge in [-0.1, -0.05) is 6.07 Å². The normalized spacial score (nSPS) is 12.0. The van der Waals surface area contributed by atoms with Crippen LogP contribution in [0.4, 0.5) is 14.6 Å². The highest BCUT2D eigenvalue weighted by Gasteiger charge is 2.19. The van der Waals surface area contributed by atoms with Crippen molar-refractivity contribution in [1.29, 1.82) is 0 Å². The van der Waals surface area contributed by atoms with Gasteiger partial charge < -0.3 is 15.2 Å². The summed E-state index contributed by atoms with van der Waals surface area (Å²) in [6, 6.07) is 7.37. The first-order chi connectivity index (χ1) is 14.5. The van der Waals surface area contributed by atoms with E-state index in [9.17, 15) is 18.7 Å². The molecule has 0 radical (unpaired) electrons. The first kappa shape index (κ1) is 22.6. The lowest BCUT2D eigenvalue weighted by Gasteiger charge is -2.16. The predicted octanol–water partition coefficient (Wildman–Crippen LogP) is 4.57. The summed E-state index contributed by atoms with van der Waals surface area (Å²) >= 11 is 0. The lowest BCUT2D eigenvalue weighted by atomic mass is 10.1. The van der Waals surface area contributed by atoms with Gasteiger partial charge in [0.15, 0.2) is 0 Å². The molecule has 1 aromatic carbocycles. The van der Waals surface area contributed by atoms with E-state index in [1.807, 2.05) is 13.8 Å². The zero-order valence-electron chi connectivity index (χ0n) is 17.9. The Balaban J connectivity index is 1.92. The molecule has 0 aliphatic rings. The smallest absolute Gasteiger partial charge is 0.280 e. The van der Waals surface area contributed by atoms with Crippen LogP contribution in [0, 0.1) is 0 Å². The van der Waals surface area contributed by atoms with Crippen molar-refractivity contribution in [3.05, 3.63) is 47.8 Å². The van der Waals surface area contributed by atoms with Gasteiger partial charge in [0.25, 0.3) is 12.3 Å². The summed E-state index contributed by atoms with van der Waals surface area (Å²) in [5.74, 6) is -0.169. The Morgan fingerprint density at radius 2 is 2.03 bits per heavy atom. The SMILES string of the molecule is CC(C)Oc1cc2nn(CCC(C)(C)O)cc2cc1C(=O)Nc1cccc(C(F)F)n1. The summed E-state index contributed by atoms with van der Waals surface area (Å²) in [6.07, 6.45) is -0.632. The van der Waals surface area contributed by atoms with Crippen molar-refractivity contribution in [3.8, 4) is 5.75 Å². The highest BCUT2D eigenvalue weighted by atomic mass is 19.3. The third kappa shape index (κ3) is 5.97. The van der Waals surface area contributed by atoms with Crippen LogP contribution in [0.2, 0.25) is 0 Å². The maximum Gasteiger partial charge on any atom is 0.280 e. The number of amides is 1. The van der Waals surface area contributed by atoms with Crippen molar-refractivity contribution in [1.82, 2.24) is 14.8 Å². The van der Waals surface area contributed by atoms with E-state index < -0.39 is 23.6 Å². The van der Waals surface area contributed by atoms with Gasteiger partial charge in [0, 0.05) is 24.2 Å². The van der Waals surface area contributed by atoms with Gasteiger partial charge in [0.2, 0.25) is 0 Å². The minimum atomic E-state index is -2.73. The molecule has 0 saturated carbocycles. The Morgan fingerprint density at radius 1 is 1.29 bits per heavy atom. The summed E-state index contributed by atoms with van der Waals surface area (Å²) in [5, 5.41) is 17.7. The van der Waals surface area contributed by atoms with Crippen LogP contribution in [-0.4, -0.2) is 37.5 Å². The van der Waals surface area contributed by atoms with Crippen molar-refractivity contribution >= 4 is 22.6 Å². The van der Waals surface area contributed by atoms with Crippen molar-refractivity contribution in [2.24, 2.45) is 0 Å². The highest BCUT2D eigenvalue weighted by molar-refractivity contribution is 6.08. The molecule has 0 spiro atoms. The standard InChI is InChI=1S/C22H26F2N4O3/c1-13(2)31-18-11-17-14(12-28(27-17)9-8-22(3,4)30)10-15(18)21(29)26-19-7-5-6-16(25-19)20(23)24/h5-7,10-13,20,30H,8-9H2,1-4H3,(H,25,26,29). The Bertz CT molecular complexity index is 1070. The number of carbonyl (C=O) groups excluding carboxylic acids is 1. The van der Waals surface area contributed by atoms with Gasteiger partial charge in [-0.15, -0.1) is 0 Å². The molecule has 2 N–H and O–H groups in total. The first-order valence-electron chi connectivity index (χ1n) is 9.98. The number of rotatable bonds is 8. The molecule has 3 rings (SSSR count). The molecule has 0 unspecified atom stereocenters. The quantitative estimate of drug-likeness (QED) is 0.544. The number of nitrogens with one attached hydrogen (secondary N) is 1. The van der Waals surface area contributed by atoms with Crippen LogP contribution in [0.5, 0.6) is 5.75 Å². The third-order valence-electron chi connectivity index (χ3n) is 4.45. The van der Waals surface area contributed by atoms with Gasteiger partial charge in [-0.05, 0) is 52.3 Å². The van der Waals surface area contributed by atoms with Crippen molar-refractivity contribution in [3.63, 3.8) is 0 Å². The number of fused-ring (bicyclic) bond motifs is 1. The average Bonchev–Trinajstić information content (AvgIpc) is 3.07. The van der Waals surface area contributed by atoms with Crippen molar-refractivity contribution < 1.29 is 23.4 Å². The Kier molecular flexibility index (Phi) is 6.54. The van der Waals surface area contributed by atoms with E-state index >= 15 is 0 Å². The fourth-order valence-electron chi connectivity index (χ4n) is 2.96. The number of benzene rings is 1. The van der Waals surface area contributed by atoms with Gasteiger partial charge in [-0.3, -0.25) is 9.48 Å². The molecule has 0 fully saturated rings. The second kappa shape index (κ2) is 8.97. The largest absolute Gasteiger partial charge is 0.490 e. The van der Waals surface area contributed by atoms with Crippen LogP contribution in [-0.2, 0) is 6.54 Å². The van der Waals surface area contributed by atoms with E-state index in [0.29, 0.717) is 29.6 Å². The van der Waals surface area contributed by atoms with E-state index in [-0.39, 0.29) is 17.5 Å². The lowest BCUT2D eigenvalue weighted by Crippen LogP contribution is -2.21. The molecule has 0 bridgehead atoms. The van der Waals surface area contributed by atoms with Crippen LogP contribution < -0.4 is 10.1 Å². The first-order valence-corrected chi connectivity index (χ1v) is 9.98. The van der Waals surface area contributed by atoms with Gasteiger partial charge >= 0.3 is 0 Å². The zero-order valence-corrected chi connectivity index (χ0v) is 17.9. The number of halogens is 2. The van der Waals surface area contributed by atoms with Crippen LogP contribution in [0.15, 0.2) is 36.5 Å². The number of nitrogens with zero attached hydrogens (tertiary/aromatic N) is 3. The number of hydrogen-bond donors (Lipinski definition) is 2. The number of aliphatic hydroxyl groups is 1. The molecular formula is C22H26F2N4O3. The van der Waals surface area contributed by atoms with E-state index in [2.05, 4.69) is 15.4 Å². The minimum Gasteiger partial charge on any atom is -0.490 e. The molecule has 3 aromatic rings. The number of pyridine rings is 1. The van der Waals surface area contributed by atoms with E-state index in [1.54, 1.807) is 36.9 Å². The second-order valence-electron chi connectivity index (χ2n) is 8.23. The molecule has 2 heterocycles. The molecule has 9 heteroatoms. The number of alkyl halides is 2. The predicted molar refractivity (Wildman–Crippen MR) is 114 cm³/mol. The number of aryl methyl sites for hydroxylation is 1. The summed E-state index contributed by atoms with van der Waals surface area (Å²) in [5.41, 5.74) is -0.359. The highest BCUT2D eigenvalue weighted by Crippen LogP contribution is 2.28. The third-order valence-corrected chi connectivity index (χ3v) is 4.45. The van der Waals surface area contributed by atoms with Crippen molar-refractivity contribution in [2.45, 2.75) is 58.8 Å². The molecule has 31 heavy (non-hydrogen) atoms. The Hall–Kier alpha value is -3.07. The number of anilines is 1. The fourth-order valence-corrected chi connectivity index (χ4v) is 2.96. The summed E-state index contributed by atoms with van der Waals surface area (Å²) in [7, 11) is 0. The topological polar surface area (TPSA) is 89.3 Å². The molecular weight excluding hydrogens is 406 g/mol. The van der Waals surface area contributed by atoms with E-state index in [0.717, 1.165) is 0 Å². The maximum absolute atomic E-state index is 12.9. The van der Waals surface area contributed by atoms with E-state index in [4.69, 9.17) is 4.74 Å². The minimum absolute atomic E-state index is 0.0271. The molecule has 2 aromatic heterocycles. The van der Waals surface area contributed by atoms with E-state index in [1.165, 1.54) is 18.2 Å². The molecule has 0 atom stereocenters. The summed E-state index contributed by atoms with van der Waals surface area (Å²) in [4.78, 5) is 16.7. The van der Waals surface area contributed by atoms with Crippen LogP contribution in [0.3, 0.4) is 0 Å². The second-order valence-corrected chi connectivity index (χ2v) is 8.23. The molecule has 0 saturated heterocycles. The average molecular weight is 432 g/mol. The van der Waals surface area contributed by atoms with Gasteiger partial charge in [-0.2, -0.15) is 5.10 Å². The van der Waals surface area contributed by atoms with Gasteiger partial charge in [0.1, 0.15) is 17.3 Å². The van der Waals surface area contributed by atoms with Crippen LogP contribution in [0.1, 0.15) is 56.6 Å². The number of ether oxygens (including phenoxy) is 1. The monoisotopic (exact) mass is 432 g/mol. The fraction of sp³-hybridized carbons (Fsp3) is 0.409. The van der Waals surface area contributed by atoms with Crippen LogP contribution >= 0.6 is 0 Å². The van der Waals surface area contributed by atoms with Crippen LogP contribution in [0.25, 0.3) is 10.9 Å². The number of hydrogen-bond acceptors (Lipinski definition) is 5. The summed E-state index contributed by atoms with van der Waals surface area (Å²) in [6.45, 7) is 7.63. The molecule has 7 nitrogen and oxygen atoms in total. The van der Waals surface area contributed by atoms with Gasteiger partial charge in [0.05, 0.1) is 22.8 Å². The molecule has 166 valence electrons. The Labute approximate surface area is 179 Å². The molecule has 0 aliphatic heterocycles. The number of carbonyl (C=O) groups is 1. The molecule has 1 amide bonds.